The highest BCUT2D eigenvalue weighted by atomic mass is 16.2. The van der Waals surface area contributed by atoms with E-state index in [9.17, 15) is 4.79 Å². The molecular weight excluding hydrogens is 178 g/mol. The Labute approximate surface area is 83.3 Å². The van der Waals surface area contributed by atoms with Gasteiger partial charge < -0.3 is 16.8 Å². The fourth-order valence-electron chi connectivity index (χ4n) is 1.02. The van der Waals surface area contributed by atoms with Crippen LogP contribution in [0.5, 0.6) is 0 Å². The van der Waals surface area contributed by atoms with Gasteiger partial charge >= 0.3 is 0 Å². The minimum atomic E-state index is -0.612. The molecule has 0 fully saturated rings. The lowest BCUT2D eigenvalue weighted by Gasteiger charge is -2.09. The van der Waals surface area contributed by atoms with Gasteiger partial charge in [0.15, 0.2) is 0 Å². The molecule has 0 aliphatic carbocycles. The van der Waals surface area contributed by atoms with Crippen molar-refractivity contribution in [2.24, 2.45) is 11.5 Å². The third-order valence-corrected chi connectivity index (χ3v) is 1.90. The summed E-state index contributed by atoms with van der Waals surface area (Å²) in [4.78, 5) is 11.2. The molecule has 1 aromatic carbocycles. The summed E-state index contributed by atoms with van der Waals surface area (Å²) in [6.07, 6.45) is 0. The van der Waals surface area contributed by atoms with Crippen LogP contribution in [-0.2, 0) is 11.3 Å². The van der Waals surface area contributed by atoms with Crippen LogP contribution in [0.3, 0.4) is 0 Å². The third kappa shape index (κ3) is 3.16. The predicted molar refractivity (Wildman–Crippen MR) is 55.3 cm³/mol. The number of carbonyl (C=O) groups excluding carboxylic acids is 1. The van der Waals surface area contributed by atoms with Crippen LogP contribution in [0.2, 0.25) is 0 Å². The molecule has 4 heteroatoms. The molecule has 0 heterocycles. The highest BCUT2D eigenvalue weighted by Gasteiger charge is 2.09. The summed E-state index contributed by atoms with van der Waals surface area (Å²) in [5.41, 5.74) is 11.7. The Bertz CT molecular complexity index is 287. The highest BCUT2D eigenvalue weighted by molar-refractivity contribution is 5.81. The second-order valence-corrected chi connectivity index (χ2v) is 3.05. The lowest BCUT2D eigenvalue weighted by atomic mass is 10.2. The first kappa shape index (κ1) is 10.7. The van der Waals surface area contributed by atoms with Crippen molar-refractivity contribution in [2.45, 2.75) is 12.6 Å². The predicted octanol–water partition coefficient (Wildman–Crippen LogP) is -0.411. The topological polar surface area (TPSA) is 81.1 Å². The van der Waals surface area contributed by atoms with Gasteiger partial charge in [-0.05, 0) is 5.56 Å². The smallest absolute Gasteiger partial charge is 0.238 e. The summed E-state index contributed by atoms with van der Waals surface area (Å²) in [6, 6.07) is 9.03. The number of benzene rings is 1. The zero-order valence-electron chi connectivity index (χ0n) is 7.94. The lowest BCUT2D eigenvalue weighted by Crippen LogP contribution is -2.44. The molecule has 1 amide bonds. The van der Waals surface area contributed by atoms with E-state index in [-0.39, 0.29) is 12.5 Å². The van der Waals surface area contributed by atoms with Gasteiger partial charge in [-0.1, -0.05) is 30.3 Å². The Hall–Kier alpha value is -1.39. The summed E-state index contributed by atoms with van der Waals surface area (Å²) in [5, 5.41) is 2.71. The molecule has 0 aromatic heterocycles. The summed E-state index contributed by atoms with van der Waals surface area (Å²) in [7, 11) is 0. The van der Waals surface area contributed by atoms with E-state index >= 15 is 0 Å². The second kappa shape index (κ2) is 5.36. The average Bonchev–Trinajstić information content (AvgIpc) is 2.26. The molecule has 1 unspecified atom stereocenters. The highest BCUT2D eigenvalue weighted by Crippen LogP contribution is 1.96. The summed E-state index contributed by atoms with van der Waals surface area (Å²) in [5.74, 6) is -0.212. The number of hydrogen-bond donors (Lipinski definition) is 3. The van der Waals surface area contributed by atoms with Crippen molar-refractivity contribution in [3.63, 3.8) is 0 Å². The van der Waals surface area contributed by atoms with Gasteiger partial charge in [-0.15, -0.1) is 0 Å². The van der Waals surface area contributed by atoms with Crippen LogP contribution in [0.1, 0.15) is 5.56 Å². The molecule has 4 nitrogen and oxygen atoms in total. The van der Waals surface area contributed by atoms with Crippen LogP contribution in [0, 0.1) is 0 Å². The van der Waals surface area contributed by atoms with Crippen LogP contribution in [-0.4, -0.2) is 18.5 Å². The Morgan fingerprint density at radius 3 is 2.57 bits per heavy atom. The first-order valence-corrected chi connectivity index (χ1v) is 4.51. The Kier molecular flexibility index (Phi) is 4.10. The van der Waals surface area contributed by atoms with Gasteiger partial charge in [0.05, 0.1) is 6.04 Å². The minimum Gasteiger partial charge on any atom is -0.351 e. The lowest BCUT2D eigenvalue weighted by molar-refractivity contribution is -0.122. The molecule has 0 bridgehead atoms. The van der Waals surface area contributed by atoms with E-state index in [1.54, 1.807) is 0 Å². The van der Waals surface area contributed by atoms with E-state index in [1.165, 1.54) is 0 Å². The quantitative estimate of drug-likeness (QED) is 0.608. The number of hydrogen-bond acceptors (Lipinski definition) is 3. The molecule has 0 spiro atoms. The van der Waals surface area contributed by atoms with E-state index in [4.69, 9.17) is 11.5 Å². The molecule has 1 rings (SSSR count). The van der Waals surface area contributed by atoms with Crippen LogP contribution in [0.25, 0.3) is 0 Å². The Morgan fingerprint density at radius 2 is 2.00 bits per heavy atom. The SMILES string of the molecule is NCC(N)C(=O)NCc1ccccc1. The van der Waals surface area contributed by atoms with Gasteiger partial charge in [0.1, 0.15) is 0 Å². The van der Waals surface area contributed by atoms with E-state index in [1.807, 2.05) is 30.3 Å². The zero-order valence-corrected chi connectivity index (χ0v) is 7.94. The van der Waals surface area contributed by atoms with Gasteiger partial charge in [0.2, 0.25) is 5.91 Å². The van der Waals surface area contributed by atoms with Gasteiger partial charge in [-0.2, -0.15) is 0 Å². The van der Waals surface area contributed by atoms with Crippen molar-refractivity contribution in [3.05, 3.63) is 35.9 Å². The molecule has 0 saturated heterocycles. The van der Waals surface area contributed by atoms with Crippen LogP contribution < -0.4 is 16.8 Å². The number of rotatable bonds is 4. The maximum absolute atomic E-state index is 11.2. The number of nitrogens with two attached hydrogens (primary N) is 2. The molecule has 0 aliphatic heterocycles. The molecule has 14 heavy (non-hydrogen) atoms. The number of nitrogens with one attached hydrogen (secondary N) is 1. The molecule has 0 saturated carbocycles. The van der Waals surface area contributed by atoms with Gasteiger partial charge in [-0.3, -0.25) is 4.79 Å². The molecule has 0 aliphatic rings. The second-order valence-electron chi connectivity index (χ2n) is 3.05. The normalized spacial score (nSPS) is 12.1. The minimum absolute atomic E-state index is 0.167. The molecule has 76 valence electrons. The van der Waals surface area contributed by atoms with E-state index < -0.39 is 6.04 Å². The summed E-state index contributed by atoms with van der Waals surface area (Å²) in [6.45, 7) is 0.661. The van der Waals surface area contributed by atoms with Crippen LogP contribution >= 0.6 is 0 Å². The third-order valence-electron chi connectivity index (χ3n) is 1.90. The monoisotopic (exact) mass is 193 g/mol. The first-order valence-electron chi connectivity index (χ1n) is 4.51. The zero-order chi connectivity index (χ0) is 10.4. The van der Waals surface area contributed by atoms with Gasteiger partial charge in [0.25, 0.3) is 0 Å². The fourth-order valence-corrected chi connectivity index (χ4v) is 1.02. The van der Waals surface area contributed by atoms with Crippen molar-refractivity contribution >= 4 is 5.91 Å². The van der Waals surface area contributed by atoms with Crippen molar-refractivity contribution in [1.82, 2.24) is 5.32 Å². The summed E-state index contributed by atoms with van der Waals surface area (Å²) < 4.78 is 0. The molecule has 5 N–H and O–H groups in total. The van der Waals surface area contributed by atoms with E-state index in [2.05, 4.69) is 5.32 Å². The van der Waals surface area contributed by atoms with Crippen molar-refractivity contribution in [3.8, 4) is 0 Å². The van der Waals surface area contributed by atoms with E-state index in [0.29, 0.717) is 6.54 Å². The van der Waals surface area contributed by atoms with Crippen LogP contribution in [0.4, 0.5) is 0 Å². The van der Waals surface area contributed by atoms with Gasteiger partial charge in [0, 0.05) is 13.1 Å². The number of amides is 1. The maximum Gasteiger partial charge on any atom is 0.238 e. The Balaban J connectivity index is 2.38. The van der Waals surface area contributed by atoms with Gasteiger partial charge in [-0.25, -0.2) is 0 Å². The molecule has 0 radical (unpaired) electrons. The fraction of sp³-hybridized carbons (Fsp3) is 0.300. The standard InChI is InChI=1S/C10H15N3O/c11-6-9(12)10(14)13-7-8-4-2-1-3-5-8/h1-5,9H,6-7,11-12H2,(H,13,14). The number of carbonyl (C=O) groups is 1. The van der Waals surface area contributed by atoms with Crippen molar-refractivity contribution < 1.29 is 4.79 Å². The Morgan fingerprint density at radius 1 is 1.36 bits per heavy atom. The molecular formula is C10H15N3O. The average molecular weight is 193 g/mol. The van der Waals surface area contributed by atoms with Crippen molar-refractivity contribution in [1.29, 1.82) is 0 Å². The largest absolute Gasteiger partial charge is 0.351 e. The summed E-state index contributed by atoms with van der Waals surface area (Å²) >= 11 is 0. The molecule has 1 aromatic rings. The van der Waals surface area contributed by atoms with Crippen molar-refractivity contribution in [2.75, 3.05) is 6.54 Å². The maximum atomic E-state index is 11.2. The first-order chi connectivity index (χ1) is 6.74. The van der Waals surface area contributed by atoms with Crippen LogP contribution in [0.15, 0.2) is 30.3 Å². The molecule has 1 atom stereocenters. The van der Waals surface area contributed by atoms with E-state index in [0.717, 1.165) is 5.56 Å².